The van der Waals surface area contributed by atoms with E-state index in [0.29, 0.717) is 17.2 Å². The minimum atomic E-state index is -0.882. The van der Waals surface area contributed by atoms with E-state index >= 15 is 0 Å². The summed E-state index contributed by atoms with van der Waals surface area (Å²) < 4.78 is 20.9. The Morgan fingerprint density at radius 1 is 1.04 bits per heavy atom. The Morgan fingerprint density at radius 2 is 1.60 bits per heavy atom. The summed E-state index contributed by atoms with van der Waals surface area (Å²) in [6, 6.07) is 3.16. The van der Waals surface area contributed by atoms with E-state index in [0.717, 1.165) is 25.7 Å². The third-order valence-electron chi connectivity index (χ3n) is 4.26. The molecule has 0 aliphatic heterocycles. The largest absolute Gasteiger partial charge is 0.493 e. The zero-order chi connectivity index (χ0) is 18.4. The van der Waals surface area contributed by atoms with Gasteiger partial charge in [0.05, 0.1) is 26.9 Å². The molecule has 25 heavy (non-hydrogen) atoms. The van der Waals surface area contributed by atoms with Crippen LogP contribution >= 0.6 is 0 Å². The van der Waals surface area contributed by atoms with Gasteiger partial charge in [-0.25, -0.2) is 4.79 Å². The maximum Gasteiger partial charge on any atom is 0.339 e. The highest BCUT2D eigenvalue weighted by molar-refractivity contribution is 5.93. The molecular formula is C18H25NO6. The number of esters is 1. The molecule has 0 saturated heterocycles. The Morgan fingerprint density at radius 3 is 2.08 bits per heavy atom. The fourth-order valence-corrected chi connectivity index (χ4v) is 2.87. The van der Waals surface area contributed by atoms with Gasteiger partial charge in [-0.15, -0.1) is 0 Å². The highest BCUT2D eigenvalue weighted by Crippen LogP contribution is 2.38. The predicted molar refractivity (Wildman–Crippen MR) is 91.4 cm³/mol. The number of methoxy groups -OCH3 is 3. The second kappa shape index (κ2) is 8.60. The lowest BCUT2D eigenvalue weighted by Crippen LogP contribution is -2.40. The average molecular weight is 351 g/mol. The molecule has 1 aliphatic carbocycles. The number of benzene rings is 1. The van der Waals surface area contributed by atoms with Gasteiger partial charge in [0.25, 0.3) is 5.91 Å². The monoisotopic (exact) mass is 351 g/mol. The van der Waals surface area contributed by atoms with E-state index < -0.39 is 12.1 Å². The summed E-state index contributed by atoms with van der Waals surface area (Å²) >= 11 is 0. The van der Waals surface area contributed by atoms with Crippen LogP contribution in [0.25, 0.3) is 0 Å². The van der Waals surface area contributed by atoms with Crippen molar-refractivity contribution in [2.75, 3.05) is 21.3 Å². The first-order valence-electron chi connectivity index (χ1n) is 8.31. The van der Waals surface area contributed by atoms with Crippen molar-refractivity contribution in [3.63, 3.8) is 0 Å². The Hall–Kier alpha value is -2.44. The fraction of sp³-hybridized carbons (Fsp3) is 0.556. The summed E-state index contributed by atoms with van der Waals surface area (Å²) in [5.74, 6) is 0.156. The second-order valence-electron chi connectivity index (χ2n) is 5.95. The molecule has 1 unspecified atom stereocenters. The van der Waals surface area contributed by atoms with E-state index in [9.17, 15) is 9.59 Å². The van der Waals surface area contributed by atoms with Crippen molar-refractivity contribution in [3.05, 3.63) is 17.7 Å². The fourth-order valence-electron chi connectivity index (χ4n) is 2.87. The molecule has 0 radical (unpaired) electrons. The van der Waals surface area contributed by atoms with E-state index in [-0.39, 0.29) is 17.5 Å². The molecule has 1 aromatic rings. The SMILES string of the molecule is COc1cc(C(=O)OC(C)C(=O)NC2CCCC2)cc(OC)c1OC. The predicted octanol–water partition coefficient (Wildman–Crippen LogP) is 2.32. The Labute approximate surface area is 147 Å². The van der Waals surface area contributed by atoms with Crippen LogP contribution < -0.4 is 19.5 Å². The van der Waals surface area contributed by atoms with Crippen LogP contribution in [-0.4, -0.2) is 45.4 Å². The molecule has 0 heterocycles. The van der Waals surface area contributed by atoms with Gasteiger partial charge in [0.2, 0.25) is 5.75 Å². The minimum absolute atomic E-state index is 0.176. The van der Waals surface area contributed by atoms with E-state index in [2.05, 4.69) is 5.32 Å². The van der Waals surface area contributed by atoms with Crippen LogP contribution in [0.5, 0.6) is 17.2 Å². The molecule has 0 spiro atoms. The number of rotatable bonds is 7. The number of hydrogen-bond donors (Lipinski definition) is 1. The van der Waals surface area contributed by atoms with Gasteiger partial charge in [-0.3, -0.25) is 4.79 Å². The van der Waals surface area contributed by atoms with Crippen molar-refractivity contribution < 1.29 is 28.5 Å². The van der Waals surface area contributed by atoms with Crippen molar-refractivity contribution in [1.82, 2.24) is 5.32 Å². The molecule has 1 fully saturated rings. The Kier molecular flexibility index (Phi) is 6.50. The van der Waals surface area contributed by atoms with Crippen LogP contribution in [0.2, 0.25) is 0 Å². The summed E-state index contributed by atoms with van der Waals surface area (Å²) in [7, 11) is 4.40. The molecule has 0 aromatic heterocycles. The molecule has 0 bridgehead atoms. The third-order valence-corrected chi connectivity index (χ3v) is 4.26. The van der Waals surface area contributed by atoms with Crippen molar-refractivity contribution >= 4 is 11.9 Å². The lowest BCUT2D eigenvalue weighted by atomic mass is 10.1. The topological polar surface area (TPSA) is 83.1 Å². The van der Waals surface area contributed by atoms with Crippen molar-refractivity contribution in [1.29, 1.82) is 0 Å². The van der Waals surface area contributed by atoms with E-state index in [1.807, 2.05) is 0 Å². The van der Waals surface area contributed by atoms with Gasteiger partial charge in [0.1, 0.15) is 0 Å². The van der Waals surface area contributed by atoms with Gasteiger partial charge in [0.15, 0.2) is 17.6 Å². The number of amides is 1. The van der Waals surface area contributed by atoms with Crippen LogP contribution in [0.15, 0.2) is 12.1 Å². The van der Waals surface area contributed by atoms with Gasteiger partial charge in [0, 0.05) is 6.04 Å². The maximum atomic E-state index is 12.4. The number of carbonyl (C=O) groups excluding carboxylic acids is 2. The molecule has 1 aromatic carbocycles. The van der Waals surface area contributed by atoms with Crippen molar-refractivity contribution in [3.8, 4) is 17.2 Å². The smallest absolute Gasteiger partial charge is 0.339 e. The first-order chi connectivity index (χ1) is 12.0. The summed E-state index contributed by atoms with van der Waals surface area (Å²) in [5, 5.41) is 2.91. The normalized spacial score (nSPS) is 15.4. The maximum absolute atomic E-state index is 12.4. The summed E-state index contributed by atoms with van der Waals surface area (Å²) in [6.45, 7) is 1.56. The van der Waals surface area contributed by atoms with Gasteiger partial charge in [-0.1, -0.05) is 12.8 Å². The number of ether oxygens (including phenoxy) is 4. The lowest BCUT2D eigenvalue weighted by molar-refractivity contribution is -0.129. The molecule has 138 valence electrons. The number of carbonyl (C=O) groups is 2. The van der Waals surface area contributed by atoms with Crippen LogP contribution in [0.4, 0.5) is 0 Å². The standard InChI is InChI=1S/C18H25NO6/c1-11(17(20)19-13-7-5-6-8-13)25-18(21)12-9-14(22-2)16(24-4)15(10-12)23-3/h9-11,13H,5-8H2,1-4H3,(H,19,20). The molecule has 7 nitrogen and oxygen atoms in total. The average Bonchev–Trinajstić information content (AvgIpc) is 3.12. The molecule has 7 heteroatoms. The first-order valence-corrected chi connectivity index (χ1v) is 8.31. The van der Waals surface area contributed by atoms with Gasteiger partial charge in [-0.05, 0) is 31.9 Å². The van der Waals surface area contributed by atoms with Gasteiger partial charge in [-0.2, -0.15) is 0 Å². The molecule has 1 amide bonds. The molecule has 1 atom stereocenters. The Bertz CT molecular complexity index is 599. The van der Waals surface area contributed by atoms with Crippen LogP contribution in [0.3, 0.4) is 0 Å². The molecule has 1 aliphatic rings. The van der Waals surface area contributed by atoms with Gasteiger partial charge < -0.3 is 24.3 Å². The van der Waals surface area contributed by atoms with E-state index in [1.54, 1.807) is 6.92 Å². The number of hydrogen-bond acceptors (Lipinski definition) is 6. The quantitative estimate of drug-likeness (QED) is 0.759. The van der Waals surface area contributed by atoms with Crippen molar-refractivity contribution in [2.24, 2.45) is 0 Å². The van der Waals surface area contributed by atoms with Crippen molar-refractivity contribution in [2.45, 2.75) is 44.8 Å². The van der Waals surface area contributed by atoms with Gasteiger partial charge >= 0.3 is 5.97 Å². The van der Waals surface area contributed by atoms with Crippen LogP contribution in [-0.2, 0) is 9.53 Å². The lowest BCUT2D eigenvalue weighted by Gasteiger charge is -2.18. The Balaban J connectivity index is 2.07. The zero-order valence-corrected chi connectivity index (χ0v) is 15.1. The summed E-state index contributed by atoms with van der Waals surface area (Å²) in [4.78, 5) is 24.5. The zero-order valence-electron chi connectivity index (χ0n) is 15.1. The third kappa shape index (κ3) is 4.55. The summed E-state index contributed by atoms with van der Waals surface area (Å²) in [6.07, 6.45) is 3.29. The summed E-state index contributed by atoms with van der Waals surface area (Å²) in [5.41, 5.74) is 0.218. The highest BCUT2D eigenvalue weighted by Gasteiger charge is 2.25. The molecule has 2 rings (SSSR count). The van der Waals surface area contributed by atoms with Crippen LogP contribution in [0, 0.1) is 0 Å². The van der Waals surface area contributed by atoms with Crippen LogP contribution in [0.1, 0.15) is 43.0 Å². The molecule has 1 N–H and O–H groups in total. The second-order valence-corrected chi connectivity index (χ2v) is 5.95. The van der Waals surface area contributed by atoms with E-state index in [4.69, 9.17) is 18.9 Å². The highest BCUT2D eigenvalue weighted by atomic mass is 16.5. The number of nitrogens with one attached hydrogen (secondary N) is 1. The first kappa shape index (κ1) is 18.9. The minimum Gasteiger partial charge on any atom is -0.493 e. The van der Waals surface area contributed by atoms with E-state index in [1.165, 1.54) is 33.5 Å². The molecule has 1 saturated carbocycles. The molecular weight excluding hydrogens is 326 g/mol.